The summed E-state index contributed by atoms with van der Waals surface area (Å²) in [7, 11) is 1.55. The highest BCUT2D eigenvalue weighted by Gasteiger charge is 2.13. The van der Waals surface area contributed by atoms with Gasteiger partial charge in [-0.05, 0) is 6.42 Å². The van der Waals surface area contributed by atoms with Crippen molar-refractivity contribution in [2.45, 2.75) is 19.8 Å². The molecule has 1 rings (SSSR count). The molecule has 0 saturated carbocycles. The molecule has 1 aromatic heterocycles. The molecule has 0 bridgehead atoms. The lowest BCUT2D eigenvalue weighted by atomic mass is 10.3. The normalized spacial score (nSPS) is 10.4. The summed E-state index contributed by atoms with van der Waals surface area (Å²) in [5.74, 6) is 0.742. The van der Waals surface area contributed by atoms with Crippen LogP contribution in [0.1, 0.15) is 19.8 Å². The number of anilines is 1. The summed E-state index contributed by atoms with van der Waals surface area (Å²) in [6, 6.07) is 0.348. The third-order valence-corrected chi connectivity index (χ3v) is 2.94. The highest BCUT2D eigenvalue weighted by atomic mass is 79.9. The van der Waals surface area contributed by atoms with Crippen LogP contribution in [0.3, 0.4) is 0 Å². The van der Waals surface area contributed by atoms with Crippen LogP contribution >= 0.6 is 27.5 Å². The monoisotopic (exact) mass is 321 g/mol. The van der Waals surface area contributed by atoms with Crippen molar-refractivity contribution in [3.05, 3.63) is 11.2 Å². The maximum atomic E-state index is 6.13. The lowest BCUT2D eigenvalue weighted by Gasteiger charge is -2.23. The van der Waals surface area contributed by atoms with Crippen LogP contribution in [0, 0.1) is 0 Å². The Balaban J connectivity index is 2.90. The van der Waals surface area contributed by atoms with Crippen LogP contribution in [-0.4, -0.2) is 35.5 Å². The topological polar surface area (TPSA) is 38.2 Å². The zero-order valence-electron chi connectivity index (χ0n) is 10.1. The second kappa shape index (κ2) is 7.71. The van der Waals surface area contributed by atoms with Crippen LogP contribution in [0.25, 0.3) is 0 Å². The van der Waals surface area contributed by atoms with E-state index in [1.807, 2.05) is 0 Å². The van der Waals surface area contributed by atoms with Crippen LogP contribution < -0.4 is 9.64 Å². The number of hydrogen-bond acceptors (Lipinski definition) is 4. The largest absolute Gasteiger partial charge is 0.467 e. The van der Waals surface area contributed by atoms with Gasteiger partial charge in [-0.2, -0.15) is 4.98 Å². The van der Waals surface area contributed by atoms with E-state index < -0.39 is 0 Å². The van der Waals surface area contributed by atoms with Crippen LogP contribution in [0.15, 0.2) is 6.20 Å². The first kappa shape index (κ1) is 14.5. The molecule has 1 heterocycles. The molecule has 6 heteroatoms. The van der Waals surface area contributed by atoms with Gasteiger partial charge in [0.25, 0.3) is 0 Å². The summed E-state index contributed by atoms with van der Waals surface area (Å²) in [6.45, 7) is 3.95. The fourth-order valence-electron chi connectivity index (χ4n) is 1.44. The van der Waals surface area contributed by atoms with Crippen molar-refractivity contribution < 1.29 is 4.74 Å². The van der Waals surface area contributed by atoms with Crippen molar-refractivity contribution in [3.8, 4) is 6.01 Å². The van der Waals surface area contributed by atoms with Gasteiger partial charge in [0.2, 0.25) is 0 Å². The molecule has 17 heavy (non-hydrogen) atoms. The van der Waals surface area contributed by atoms with Crippen molar-refractivity contribution in [2.75, 3.05) is 30.4 Å². The third kappa shape index (κ3) is 4.32. The minimum atomic E-state index is 0.348. The predicted molar refractivity (Wildman–Crippen MR) is 74.5 cm³/mol. The van der Waals surface area contributed by atoms with E-state index in [0.717, 1.165) is 37.1 Å². The number of halogens is 2. The maximum absolute atomic E-state index is 6.13. The number of methoxy groups -OCH3 is 1. The number of ether oxygens (including phenoxy) is 1. The molecule has 0 spiro atoms. The summed E-state index contributed by atoms with van der Waals surface area (Å²) in [5.41, 5.74) is 0. The third-order valence-electron chi connectivity index (χ3n) is 2.32. The number of nitrogens with zero attached hydrogens (tertiary/aromatic N) is 3. The fourth-order valence-corrected chi connectivity index (χ4v) is 2.08. The molecule has 0 aromatic carbocycles. The molecular weight excluding hydrogens is 305 g/mol. The zero-order chi connectivity index (χ0) is 12.7. The molecule has 0 amide bonds. The zero-order valence-corrected chi connectivity index (χ0v) is 12.5. The summed E-state index contributed by atoms with van der Waals surface area (Å²) >= 11 is 9.57. The van der Waals surface area contributed by atoms with Crippen LogP contribution in [0.2, 0.25) is 5.02 Å². The number of hydrogen-bond donors (Lipinski definition) is 0. The van der Waals surface area contributed by atoms with Gasteiger partial charge in [-0.1, -0.05) is 40.9 Å². The first-order chi connectivity index (χ1) is 8.22. The number of aromatic nitrogens is 2. The van der Waals surface area contributed by atoms with E-state index in [9.17, 15) is 0 Å². The lowest BCUT2D eigenvalue weighted by Crippen LogP contribution is -2.28. The Morgan fingerprint density at radius 3 is 2.82 bits per heavy atom. The van der Waals surface area contributed by atoms with Crippen molar-refractivity contribution in [3.63, 3.8) is 0 Å². The van der Waals surface area contributed by atoms with Gasteiger partial charge in [-0.3, -0.25) is 0 Å². The van der Waals surface area contributed by atoms with E-state index in [2.05, 4.69) is 37.7 Å². The first-order valence-corrected chi connectivity index (χ1v) is 7.10. The molecule has 0 aliphatic rings. The molecule has 0 saturated heterocycles. The SMILES string of the molecule is CCCCN(CCBr)c1nc(OC)ncc1Cl. The second-order valence-corrected chi connectivity index (χ2v) is 4.76. The average Bonchev–Trinajstić information content (AvgIpc) is 2.35. The first-order valence-electron chi connectivity index (χ1n) is 5.60. The van der Waals surface area contributed by atoms with Gasteiger partial charge in [0.05, 0.1) is 13.3 Å². The van der Waals surface area contributed by atoms with E-state index in [1.54, 1.807) is 13.3 Å². The van der Waals surface area contributed by atoms with Crippen molar-refractivity contribution in [1.82, 2.24) is 9.97 Å². The van der Waals surface area contributed by atoms with Crippen LogP contribution in [0.4, 0.5) is 5.82 Å². The average molecular weight is 323 g/mol. The summed E-state index contributed by atoms with van der Waals surface area (Å²) in [4.78, 5) is 10.4. The van der Waals surface area contributed by atoms with Crippen molar-refractivity contribution in [1.29, 1.82) is 0 Å². The van der Waals surface area contributed by atoms with E-state index in [1.165, 1.54) is 0 Å². The van der Waals surface area contributed by atoms with Gasteiger partial charge in [-0.25, -0.2) is 4.98 Å². The number of rotatable bonds is 7. The van der Waals surface area contributed by atoms with E-state index >= 15 is 0 Å². The summed E-state index contributed by atoms with van der Waals surface area (Å²) in [5, 5.41) is 1.43. The highest BCUT2D eigenvalue weighted by molar-refractivity contribution is 9.09. The smallest absolute Gasteiger partial charge is 0.318 e. The minimum absolute atomic E-state index is 0.348. The Hall–Kier alpha value is -0.550. The standard InChI is InChI=1S/C11H17BrClN3O/c1-3-4-6-16(7-5-12)10-9(13)8-14-11(15-10)17-2/h8H,3-7H2,1-2H3. The fraction of sp³-hybridized carbons (Fsp3) is 0.636. The van der Waals surface area contributed by atoms with Gasteiger partial charge >= 0.3 is 6.01 Å². The van der Waals surface area contributed by atoms with Crippen molar-refractivity contribution in [2.24, 2.45) is 0 Å². The molecule has 0 N–H and O–H groups in total. The predicted octanol–water partition coefficient (Wildman–Crippen LogP) is 3.14. The van der Waals surface area contributed by atoms with Gasteiger partial charge < -0.3 is 9.64 Å². The maximum Gasteiger partial charge on any atom is 0.318 e. The summed E-state index contributed by atoms with van der Waals surface area (Å²) < 4.78 is 5.02. The van der Waals surface area contributed by atoms with Gasteiger partial charge in [0.1, 0.15) is 5.02 Å². The summed E-state index contributed by atoms with van der Waals surface area (Å²) in [6.07, 6.45) is 3.82. The Morgan fingerprint density at radius 1 is 1.47 bits per heavy atom. The number of unbranched alkanes of at least 4 members (excludes halogenated alkanes) is 1. The molecule has 0 unspecified atom stereocenters. The molecule has 0 aliphatic heterocycles. The molecule has 1 aromatic rings. The molecule has 0 fully saturated rings. The van der Waals surface area contributed by atoms with Crippen molar-refractivity contribution >= 4 is 33.3 Å². The Labute approximate surface area is 115 Å². The quantitative estimate of drug-likeness (QED) is 0.723. The molecule has 0 atom stereocenters. The Kier molecular flexibility index (Phi) is 6.58. The Bertz CT molecular complexity index is 351. The Morgan fingerprint density at radius 2 is 2.24 bits per heavy atom. The van der Waals surface area contributed by atoms with Gasteiger partial charge in [0.15, 0.2) is 5.82 Å². The van der Waals surface area contributed by atoms with Crippen LogP contribution in [0.5, 0.6) is 6.01 Å². The van der Waals surface area contributed by atoms with E-state index in [4.69, 9.17) is 16.3 Å². The van der Waals surface area contributed by atoms with E-state index in [-0.39, 0.29) is 0 Å². The molecule has 0 aliphatic carbocycles. The van der Waals surface area contributed by atoms with Crippen LogP contribution in [-0.2, 0) is 0 Å². The molecule has 0 radical (unpaired) electrons. The van der Waals surface area contributed by atoms with E-state index in [0.29, 0.717) is 11.0 Å². The molecule has 96 valence electrons. The lowest BCUT2D eigenvalue weighted by molar-refractivity contribution is 0.379. The van der Waals surface area contributed by atoms with Gasteiger partial charge in [0, 0.05) is 18.4 Å². The highest BCUT2D eigenvalue weighted by Crippen LogP contribution is 2.24. The molecule has 4 nitrogen and oxygen atoms in total. The number of alkyl halides is 1. The minimum Gasteiger partial charge on any atom is -0.467 e. The second-order valence-electron chi connectivity index (χ2n) is 3.56. The van der Waals surface area contributed by atoms with Gasteiger partial charge in [-0.15, -0.1) is 0 Å². The molecular formula is C11H17BrClN3O.